The molecule has 0 amide bonds. The van der Waals surface area contributed by atoms with Crippen molar-refractivity contribution in [3.8, 4) is 22.6 Å². The normalized spacial score (nSPS) is 10.4. The van der Waals surface area contributed by atoms with Gasteiger partial charge in [-0.25, -0.2) is 4.79 Å². The third kappa shape index (κ3) is 4.95. The van der Waals surface area contributed by atoms with E-state index in [0.717, 1.165) is 22.3 Å². The first kappa shape index (κ1) is 20.4. The molecule has 0 heterocycles. The number of benzene rings is 3. The number of ether oxygens (including phenoxy) is 3. The van der Waals surface area contributed by atoms with Gasteiger partial charge in [0.2, 0.25) is 0 Å². The summed E-state index contributed by atoms with van der Waals surface area (Å²) in [5, 5.41) is 9.42. The van der Waals surface area contributed by atoms with E-state index in [1.54, 1.807) is 19.2 Å². The molecule has 1 N–H and O–H groups in total. The summed E-state index contributed by atoms with van der Waals surface area (Å²) in [5.41, 5.74) is 4.06. The topological polar surface area (TPSA) is 65.0 Å². The van der Waals surface area contributed by atoms with Crippen molar-refractivity contribution in [1.29, 1.82) is 0 Å². The Bertz CT molecular complexity index is 966. The highest BCUT2D eigenvalue weighted by molar-refractivity contribution is 5.92. The number of hydrogen-bond acceptors (Lipinski definition) is 5. The molecule has 3 aromatic rings. The average Bonchev–Trinajstić information content (AvgIpc) is 2.78. The zero-order chi connectivity index (χ0) is 20.6. The van der Waals surface area contributed by atoms with Gasteiger partial charge in [0.15, 0.2) is 0 Å². The molecule has 5 nitrogen and oxygen atoms in total. The van der Waals surface area contributed by atoms with Crippen molar-refractivity contribution < 1.29 is 24.1 Å². The average molecular weight is 392 g/mol. The summed E-state index contributed by atoms with van der Waals surface area (Å²) in [6.07, 6.45) is 0.464. The smallest absolute Gasteiger partial charge is 0.337 e. The van der Waals surface area contributed by atoms with Crippen LogP contribution in [0.25, 0.3) is 11.1 Å². The van der Waals surface area contributed by atoms with Gasteiger partial charge in [-0.1, -0.05) is 36.4 Å². The minimum absolute atomic E-state index is 0.00512. The molecule has 0 aliphatic carbocycles. The molecular formula is C24H24O5. The first-order chi connectivity index (χ1) is 14.2. The Kier molecular flexibility index (Phi) is 6.87. The van der Waals surface area contributed by atoms with Crippen molar-refractivity contribution in [3.63, 3.8) is 0 Å². The van der Waals surface area contributed by atoms with E-state index in [-0.39, 0.29) is 6.61 Å². The summed E-state index contributed by atoms with van der Waals surface area (Å²) in [4.78, 5) is 12.0. The number of aliphatic hydroxyl groups excluding tert-OH is 1. The molecule has 0 saturated carbocycles. The highest BCUT2D eigenvalue weighted by Crippen LogP contribution is 2.36. The zero-order valence-corrected chi connectivity index (χ0v) is 16.6. The van der Waals surface area contributed by atoms with E-state index >= 15 is 0 Å². The molecule has 0 spiro atoms. The van der Waals surface area contributed by atoms with Crippen LogP contribution in [0.4, 0.5) is 0 Å². The van der Waals surface area contributed by atoms with E-state index in [2.05, 4.69) is 0 Å². The summed E-state index contributed by atoms with van der Waals surface area (Å²) in [5.74, 6) is 0.891. The molecule has 0 aromatic heterocycles. The Hall–Kier alpha value is -3.31. The van der Waals surface area contributed by atoms with Gasteiger partial charge in [-0.05, 0) is 47.4 Å². The second-order valence-corrected chi connectivity index (χ2v) is 6.47. The maximum absolute atomic E-state index is 12.0. The first-order valence-electron chi connectivity index (χ1n) is 9.33. The lowest BCUT2D eigenvalue weighted by Gasteiger charge is -2.16. The fourth-order valence-corrected chi connectivity index (χ4v) is 3.14. The standard InChI is InChI=1S/C24H24O5/c1-27-23-15-20(29-16-17-6-4-3-5-7-17)10-11-21(23)22-14-19(24(26)28-2)9-8-18(22)12-13-25/h3-11,14-15,25H,12-13,16H2,1-2H3. The maximum Gasteiger partial charge on any atom is 0.337 e. The van der Waals surface area contributed by atoms with Gasteiger partial charge < -0.3 is 19.3 Å². The molecule has 0 fully saturated rings. The van der Waals surface area contributed by atoms with E-state index < -0.39 is 5.97 Å². The van der Waals surface area contributed by atoms with Crippen LogP contribution in [0.3, 0.4) is 0 Å². The van der Waals surface area contributed by atoms with E-state index in [1.165, 1.54) is 7.11 Å². The first-order valence-corrected chi connectivity index (χ1v) is 9.33. The van der Waals surface area contributed by atoms with Crippen LogP contribution in [-0.2, 0) is 17.8 Å². The van der Waals surface area contributed by atoms with Crippen molar-refractivity contribution in [2.75, 3.05) is 20.8 Å². The van der Waals surface area contributed by atoms with Crippen LogP contribution >= 0.6 is 0 Å². The van der Waals surface area contributed by atoms with Crippen LogP contribution in [0, 0.1) is 0 Å². The predicted octanol–water partition coefficient (Wildman–Crippen LogP) is 4.26. The quantitative estimate of drug-likeness (QED) is 0.580. The Morgan fingerprint density at radius 2 is 1.72 bits per heavy atom. The predicted molar refractivity (Wildman–Crippen MR) is 111 cm³/mol. The number of esters is 1. The molecule has 29 heavy (non-hydrogen) atoms. The fraction of sp³-hybridized carbons (Fsp3) is 0.208. The van der Waals surface area contributed by atoms with Crippen molar-refractivity contribution >= 4 is 5.97 Å². The molecule has 150 valence electrons. The lowest BCUT2D eigenvalue weighted by Crippen LogP contribution is -2.04. The second-order valence-electron chi connectivity index (χ2n) is 6.47. The van der Waals surface area contributed by atoms with Crippen molar-refractivity contribution in [2.45, 2.75) is 13.0 Å². The van der Waals surface area contributed by atoms with Gasteiger partial charge in [-0.2, -0.15) is 0 Å². The van der Waals surface area contributed by atoms with Crippen LogP contribution in [0.1, 0.15) is 21.5 Å². The SMILES string of the molecule is COC(=O)c1ccc(CCO)c(-c2ccc(OCc3ccccc3)cc2OC)c1. The molecule has 0 aliphatic rings. The number of carbonyl (C=O) groups excluding carboxylic acids is 1. The molecule has 0 atom stereocenters. The molecule has 3 aromatic carbocycles. The van der Waals surface area contributed by atoms with Crippen molar-refractivity contribution in [3.05, 3.63) is 83.4 Å². The van der Waals surface area contributed by atoms with Crippen LogP contribution < -0.4 is 9.47 Å². The molecule has 3 rings (SSSR count). The van der Waals surface area contributed by atoms with Gasteiger partial charge in [0, 0.05) is 18.2 Å². The third-order valence-electron chi connectivity index (χ3n) is 4.62. The molecule has 0 unspecified atom stereocenters. The van der Waals surface area contributed by atoms with Crippen LogP contribution in [0.2, 0.25) is 0 Å². The molecule has 0 radical (unpaired) electrons. The van der Waals surface area contributed by atoms with E-state index in [0.29, 0.717) is 30.1 Å². The molecule has 0 aliphatic heterocycles. The van der Waals surface area contributed by atoms with Gasteiger partial charge in [-0.3, -0.25) is 0 Å². The highest BCUT2D eigenvalue weighted by Gasteiger charge is 2.15. The Morgan fingerprint density at radius 3 is 2.41 bits per heavy atom. The van der Waals surface area contributed by atoms with E-state index in [1.807, 2.05) is 54.6 Å². The Labute approximate surface area is 170 Å². The van der Waals surface area contributed by atoms with Gasteiger partial charge in [0.25, 0.3) is 0 Å². The summed E-state index contributed by atoms with van der Waals surface area (Å²) >= 11 is 0. The van der Waals surface area contributed by atoms with Crippen LogP contribution in [0.15, 0.2) is 66.7 Å². The monoisotopic (exact) mass is 392 g/mol. The minimum Gasteiger partial charge on any atom is -0.496 e. The minimum atomic E-state index is -0.413. The number of rotatable bonds is 8. The number of hydrogen-bond donors (Lipinski definition) is 1. The van der Waals surface area contributed by atoms with Gasteiger partial charge in [-0.15, -0.1) is 0 Å². The molecule has 0 saturated heterocycles. The number of carbonyl (C=O) groups is 1. The molecule has 5 heteroatoms. The van der Waals surface area contributed by atoms with Gasteiger partial charge in [0.1, 0.15) is 18.1 Å². The summed E-state index contributed by atoms with van der Waals surface area (Å²) < 4.78 is 16.3. The van der Waals surface area contributed by atoms with Gasteiger partial charge in [0.05, 0.1) is 19.8 Å². The Morgan fingerprint density at radius 1 is 0.931 bits per heavy atom. The van der Waals surface area contributed by atoms with Crippen LogP contribution in [-0.4, -0.2) is 31.9 Å². The highest BCUT2D eigenvalue weighted by atomic mass is 16.5. The molecular weight excluding hydrogens is 368 g/mol. The molecule has 0 bridgehead atoms. The fourth-order valence-electron chi connectivity index (χ4n) is 3.14. The Balaban J connectivity index is 1.94. The van der Waals surface area contributed by atoms with E-state index in [9.17, 15) is 9.90 Å². The lowest BCUT2D eigenvalue weighted by molar-refractivity contribution is 0.0601. The largest absolute Gasteiger partial charge is 0.496 e. The summed E-state index contributed by atoms with van der Waals surface area (Å²) in [7, 11) is 2.94. The maximum atomic E-state index is 12.0. The van der Waals surface area contributed by atoms with Crippen molar-refractivity contribution in [2.24, 2.45) is 0 Å². The van der Waals surface area contributed by atoms with Crippen LogP contribution in [0.5, 0.6) is 11.5 Å². The summed E-state index contributed by atoms with van der Waals surface area (Å²) in [6.45, 7) is 0.460. The van der Waals surface area contributed by atoms with E-state index in [4.69, 9.17) is 14.2 Å². The van der Waals surface area contributed by atoms with Crippen molar-refractivity contribution in [1.82, 2.24) is 0 Å². The zero-order valence-electron chi connectivity index (χ0n) is 16.6. The summed E-state index contributed by atoms with van der Waals surface area (Å²) in [6, 6.07) is 20.8. The number of aliphatic hydroxyl groups is 1. The lowest BCUT2D eigenvalue weighted by atomic mass is 9.94. The third-order valence-corrected chi connectivity index (χ3v) is 4.62. The van der Waals surface area contributed by atoms with Gasteiger partial charge >= 0.3 is 5.97 Å². The second kappa shape index (κ2) is 9.75. The number of methoxy groups -OCH3 is 2.